The highest BCUT2D eigenvalue weighted by Crippen LogP contribution is 2.24. The molecule has 2 heterocycles. The molecule has 0 aromatic carbocycles. The first-order valence-electron chi connectivity index (χ1n) is 5.81. The van der Waals surface area contributed by atoms with Gasteiger partial charge in [-0.3, -0.25) is 5.10 Å². The van der Waals surface area contributed by atoms with Crippen molar-refractivity contribution in [2.24, 2.45) is 0 Å². The number of H-pyrrole nitrogens is 1. The number of nitrogens with zero attached hydrogens (tertiary/aromatic N) is 4. The molecule has 0 fully saturated rings. The van der Waals surface area contributed by atoms with Crippen LogP contribution in [0.1, 0.15) is 20.8 Å². The molecule has 0 saturated carbocycles. The van der Waals surface area contributed by atoms with Gasteiger partial charge in [-0.1, -0.05) is 0 Å². The fourth-order valence-electron chi connectivity index (χ4n) is 1.57. The quantitative estimate of drug-likeness (QED) is 0.841. The van der Waals surface area contributed by atoms with E-state index in [1.54, 1.807) is 6.20 Å². The van der Waals surface area contributed by atoms with Gasteiger partial charge in [-0.15, -0.1) is 0 Å². The third-order valence-electron chi connectivity index (χ3n) is 2.73. The second-order valence-corrected chi connectivity index (χ2v) is 4.24. The van der Waals surface area contributed by atoms with Crippen LogP contribution in [-0.2, 0) is 0 Å². The predicted octanol–water partition coefficient (Wildman–Crippen LogP) is 1.63. The Bertz CT molecular complexity index is 504. The van der Waals surface area contributed by atoms with Crippen LogP contribution in [0.4, 0.5) is 11.8 Å². The molecule has 0 aliphatic rings. The van der Waals surface area contributed by atoms with E-state index in [1.165, 1.54) is 0 Å². The molecule has 0 saturated heterocycles. The smallest absolute Gasteiger partial charge is 0.226 e. The Morgan fingerprint density at radius 3 is 2.82 bits per heavy atom. The van der Waals surface area contributed by atoms with Crippen LogP contribution >= 0.6 is 0 Å². The van der Waals surface area contributed by atoms with E-state index >= 15 is 0 Å². The minimum atomic E-state index is 0.373. The Balaban J connectivity index is 2.54. The summed E-state index contributed by atoms with van der Waals surface area (Å²) in [4.78, 5) is 11.0. The molecule has 6 nitrogen and oxygen atoms in total. The zero-order valence-corrected chi connectivity index (χ0v) is 10.7. The number of anilines is 2. The summed E-state index contributed by atoms with van der Waals surface area (Å²) in [7, 11) is 2.02. The maximum atomic E-state index is 4.53. The lowest BCUT2D eigenvalue weighted by molar-refractivity contribution is 0.746. The number of hydrogen-bond acceptors (Lipinski definition) is 5. The second-order valence-electron chi connectivity index (χ2n) is 4.24. The number of fused-ring (bicyclic) bond motifs is 1. The van der Waals surface area contributed by atoms with Crippen LogP contribution in [0, 0.1) is 0 Å². The van der Waals surface area contributed by atoms with Gasteiger partial charge in [0.2, 0.25) is 5.95 Å². The highest BCUT2D eigenvalue weighted by molar-refractivity contribution is 5.87. The summed E-state index contributed by atoms with van der Waals surface area (Å²) in [5.74, 6) is 1.53. The molecule has 0 radical (unpaired) electrons. The summed E-state index contributed by atoms with van der Waals surface area (Å²) in [5, 5.41) is 11.0. The molecule has 0 unspecified atom stereocenters. The maximum absolute atomic E-state index is 4.53. The molecule has 0 amide bonds. The van der Waals surface area contributed by atoms with Crippen molar-refractivity contribution in [1.29, 1.82) is 0 Å². The fraction of sp³-hybridized carbons (Fsp3) is 0.545. The Kier molecular flexibility index (Phi) is 3.12. The third-order valence-corrected chi connectivity index (χ3v) is 2.73. The second kappa shape index (κ2) is 4.57. The van der Waals surface area contributed by atoms with Crippen molar-refractivity contribution in [2.45, 2.75) is 26.8 Å². The number of rotatable bonds is 4. The Morgan fingerprint density at radius 1 is 1.41 bits per heavy atom. The minimum Gasteiger partial charge on any atom is -0.356 e. The van der Waals surface area contributed by atoms with Gasteiger partial charge in [0.1, 0.15) is 5.82 Å². The molecule has 0 bridgehead atoms. The molecule has 0 aliphatic heterocycles. The average molecular weight is 234 g/mol. The van der Waals surface area contributed by atoms with E-state index < -0.39 is 0 Å². The molecular formula is C11H18N6. The van der Waals surface area contributed by atoms with Crippen LogP contribution in [0.5, 0.6) is 0 Å². The first kappa shape index (κ1) is 11.6. The minimum absolute atomic E-state index is 0.373. The standard InChI is InChI=1S/C11H18N6/c1-5-12-11-14-9-8(6-13-16-9)10(15-11)17(4)7(2)3/h6-7H,5H2,1-4H3,(H2,12,13,14,15,16). The highest BCUT2D eigenvalue weighted by atomic mass is 15.3. The van der Waals surface area contributed by atoms with Crippen molar-refractivity contribution in [3.8, 4) is 0 Å². The molecule has 6 heteroatoms. The van der Waals surface area contributed by atoms with Crippen LogP contribution in [-0.4, -0.2) is 39.8 Å². The van der Waals surface area contributed by atoms with Gasteiger partial charge in [-0.05, 0) is 20.8 Å². The predicted molar refractivity (Wildman–Crippen MR) is 69.4 cm³/mol. The zero-order valence-electron chi connectivity index (χ0n) is 10.7. The molecule has 2 rings (SSSR count). The Labute approximate surface area is 100 Å². The van der Waals surface area contributed by atoms with Crippen molar-refractivity contribution < 1.29 is 0 Å². The molecule has 17 heavy (non-hydrogen) atoms. The lowest BCUT2D eigenvalue weighted by Crippen LogP contribution is -2.27. The average Bonchev–Trinajstić information content (AvgIpc) is 2.75. The molecule has 0 atom stereocenters. The number of aromatic amines is 1. The molecular weight excluding hydrogens is 216 g/mol. The van der Waals surface area contributed by atoms with Crippen molar-refractivity contribution >= 4 is 22.8 Å². The largest absolute Gasteiger partial charge is 0.356 e. The van der Waals surface area contributed by atoms with Gasteiger partial charge in [0.15, 0.2) is 5.65 Å². The van der Waals surface area contributed by atoms with Gasteiger partial charge in [0, 0.05) is 19.6 Å². The molecule has 92 valence electrons. The van der Waals surface area contributed by atoms with E-state index in [1.807, 2.05) is 14.0 Å². The van der Waals surface area contributed by atoms with Gasteiger partial charge in [0.05, 0.1) is 11.6 Å². The van der Waals surface area contributed by atoms with Crippen molar-refractivity contribution in [3.63, 3.8) is 0 Å². The summed E-state index contributed by atoms with van der Waals surface area (Å²) in [6.45, 7) is 7.07. The summed E-state index contributed by atoms with van der Waals surface area (Å²) < 4.78 is 0. The lowest BCUT2D eigenvalue weighted by Gasteiger charge is -2.23. The maximum Gasteiger partial charge on any atom is 0.226 e. The first-order chi connectivity index (χ1) is 8.13. The highest BCUT2D eigenvalue weighted by Gasteiger charge is 2.14. The van der Waals surface area contributed by atoms with E-state index in [0.717, 1.165) is 23.4 Å². The fourth-order valence-corrected chi connectivity index (χ4v) is 1.57. The van der Waals surface area contributed by atoms with E-state index in [9.17, 15) is 0 Å². The van der Waals surface area contributed by atoms with Crippen LogP contribution < -0.4 is 10.2 Å². The lowest BCUT2D eigenvalue weighted by atomic mass is 10.3. The molecule has 0 spiro atoms. The van der Waals surface area contributed by atoms with Gasteiger partial charge in [-0.25, -0.2) is 0 Å². The zero-order chi connectivity index (χ0) is 12.4. The van der Waals surface area contributed by atoms with Gasteiger partial charge in [0.25, 0.3) is 0 Å². The number of nitrogens with one attached hydrogen (secondary N) is 2. The number of hydrogen-bond donors (Lipinski definition) is 2. The monoisotopic (exact) mass is 234 g/mol. The normalized spacial score (nSPS) is 11.1. The SMILES string of the molecule is CCNc1nc(N(C)C(C)C)c2cn[nH]c2n1. The van der Waals surface area contributed by atoms with E-state index in [4.69, 9.17) is 0 Å². The summed E-state index contributed by atoms with van der Waals surface area (Å²) in [6.07, 6.45) is 1.76. The van der Waals surface area contributed by atoms with Crippen LogP contribution in [0.25, 0.3) is 11.0 Å². The van der Waals surface area contributed by atoms with Crippen LogP contribution in [0.3, 0.4) is 0 Å². The first-order valence-corrected chi connectivity index (χ1v) is 5.81. The summed E-state index contributed by atoms with van der Waals surface area (Å²) in [5.41, 5.74) is 0.762. The molecule has 2 aromatic rings. The van der Waals surface area contributed by atoms with Crippen LogP contribution in [0.15, 0.2) is 6.20 Å². The van der Waals surface area contributed by atoms with Crippen molar-refractivity contribution in [2.75, 3.05) is 23.8 Å². The molecule has 2 aromatic heterocycles. The van der Waals surface area contributed by atoms with E-state index in [-0.39, 0.29) is 0 Å². The van der Waals surface area contributed by atoms with Crippen molar-refractivity contribution in [3.05, 3.63) is 6.20 Å². The van der Waals surface area contributed by atoms with Gasteiger partial charge >= 0.3 is 0 Å². The van der Waals surface area contributed by atoms with Crippen LogP contribution in [0.2, 0.25) is 0 Å². The summed E-state index contributed by atoms with van der Waals surface area (Å²) >= 11 is 0. The number of aromatic nitrogens is 4. The summed E-state index contributed by atoms with van der Waals surface area (Å²) in [6, 6.07) is 0.373. The Hall–Kier alpha value is -1.85. The van der Waals surface area contributed by atoms with E-state index in [2.05, 4.69) is 44.2 Å². The Morgan fingerprint density at radius 2 is 2.18 bits per heavy atom. The molecule has 2 N–H and O–H groups in total. The molecule has 0 aliphatic carbocycles. The topological polar surface area (TPSA) is 69.7 Å². The van der Waals surface area contributed by atoms with E-state index in [0.29, 0.717) is 12.0 Å². The van der Waals surface area contributed by atoms with Gasteiger partial charge < -0.3 is 10.2 Å². The van der Waals surface area contributed by atoms with Crippen molar-refractivity contribution in [1.82, 2.24) is 20.2 Å². The third kappa shape index (κ3) is 2.15. The van der Waals surface area contributed by atoms with Gasteiger partial charge in [-0.2, -0.15) is 15.1 Å².